The molecule has 0 spiro atoms. The lowest BCUT2D eigenvalue weighted by Gasteiger charge is -2.28. The van der Waals surface area contributed by atoms with E-state index in [1.54, 1.807) is 14.0 Å². The molecule has 0 fully saturated rings. The summed E-state index contributed by atoms with van der Waals surface area (Å²) in [6.07, 6.45) is 0.203. The minimum absolute atomic E-state index is 0.191. The Labute approximate surface area is 121 Å². The molecule has 0 heterocycles. The molecule has 1 aromatic rings. The third-order valence-electron chi connectivity index (χ3n) is 3.59. The van der Waals surface area contributed by atoms with Gasteiger partial charge in [-0.15, -0.1) is 0 Å². The fraction of sp³-hybridized carbons (Fsp3) is 0.562. The van der Waals surface area contributed by atoms with Crippen LogP contribution in [0.1, 0.15) is 45.6 Å². The second-order valence-corrected chi connectivity index (χ2v) is 5.71. The number of nitrogens with one attached hydrogen (secondary N) is 1. The molecule has 2 unspecified atom stereocenters. The molecule has 4 heteroatoms. The largest absolute Gasteiger partial charge is 0.490 e. The normalized spacial score (nSPS) is 15.7. The number of hydrogen-bond donors (Lipinski definition) is 2. The number of ether oxygens (including phenoxy) is 1. The van der Waals surface area contributed by atoms with Crippen LogP contribution >= 0.6 is 0 Å². The van der Waals surface area contributed by atoms with E-state index in [0.717, 1.165) is 11.3 Å². The van der Waals surface area contributed by atoms with Crippen molar-refractivity contribution in [2.24, 2.45) is 0 Å². The number of carboxylic acids is 1. The fourth-order valence-electron chi connectivity index (χ4n) is 2.19. The van der Waals surface area contributed by atoms with E-state index in [4.69, 9.17) is 4.74 Å². The highest BCUT2D eigenvalue weighted by atomic mass is 16.5. The fourth-order valence-corrected chi connectivity index (χ4v) is 2.19. The predicted octanol–water partition coefficient (Wildman–Crippen LogP) is 3.03. The van der Waals surface area contributed by atoms with Gasteiger partial charge in [-0.1, -0.05) is 32.0 Å². The van der Waals surface area contributed by atoms with Crippen LogP contribution < -0.4 is 10.1 Å². The number of benzene rings is 1. The molecule has 2 N–H and O–H groups in total. The van der Waals surface area contributed by atoms with Gasteiger partial charge < -0.3 is 15.2 Å². The summed E-state index contributed by atoms with van der Waals surface area (Å²) in [6, 6.07) is 7.90. The Morgan fingerprint density at radius 2 is 1.95 bits per heavy atom. The van der Waals surface area contributed by atoms with Crippen LogP contribution in [0.5, 0.6) is 5.75 Å². The quantitative estimate of drug-likeness (QED) is 0.805. The van der Waals surface area contributed by atoms with Crippen LogP contribution in [0.3, 0.4) is 0 Å². The van der Waals surface area contributed by atoms with Crippen LogP contribution in [0, 0.1) is 0 Å². The van der Waals surface area contributed by atoms with Gasteiger partial charge >= 0.3 is 5.97 Å². The number of para-hydroxylation sites is 1. The molecule has 1 aromatic carbocycles. The molecule has 4 nitrogen and oxygen atoms in total. The maximum atomic E-state index is 11.3. The van der Waals surface area contributed by atoms with E-state index in [1.165, 1.54) is 0 Å². The van der Waals surface area contributed by atoms with Crippen molar-refractivity contribution < 1.29 is 14.6 Å². The first kappa shape index (κ1) is 16.5. The molecule has 20 heavy (non-hydrogen) atoms. The van der Waals surface area contributed by atoms with Crippen molar-refractivity contribution in [2.75, 3.05) is 7.05 Å². The molecule has 0 amide bonds. The second-order valence-electron chi connectivity index (χ2n) is 5.71. The molecule has 0 saturated carbocycles. The zero-order chi connectivity index (χ0) is 15.3. The third kappa shape index (κ3) is 3.97. The van der Waals surface area contributed by atoms with Gasteiger partial charge in [0.2, 0.25) is 0 Å². The van der Waals surface area contributed by atoms with E-state index in [1.807, 2.05) is 31.2 Å². The van der Waals surface area contributed by atoms with E-state index in [-0.39, 0.29) is 6.10 Å². The number of carbonyl (C=O) groups is 1. The summed E-state index contributed by atoms with van der Waals surface area (Å²) in [5, 5.41) is 12.1. The minimum atomic E-state index is -0.980. The van der Waals surface area contributed by atoms with Crippen molar-refractivity contribution in [1.29, 1.82) is 0 Å². The van der Waals surface area contributed by atoms with Crippen LogP contribution in [-0.2, 0) is 4.79 Å². The van der Waals surface area contributed by atoms with Crippen LogP contribution in [0.2, 0.25) is 0 Å². The van der Waals surface area contributed by atoms with Crippen LogP contribution in [0.15, 0.2) is 24.3 Å². The zero-order valence-electron chi connectivity index (χ0n) is 12.9. The Hall–Kier alpha value is -1.55. The van der Waals surface area contributed by atoms with E-state index < -0.39 is 11.5 Å². The summed E-state index contributed by atoms with van der Waals surface area (Å²) in [7, 11) is 1.66. The number of rotatable bonds is 7. The number of hydrogen-bond acceptors (Lipinski definition) is 3. The molecule has 0 aliphatic rings. The van der Waals surface area contributed by atoms with Crippen molar-refractivity contribution in [1.82, 2.24) is 5.32 Å². The monoisotopic (exact) mass is 279 g/mol. The molecule has 0 saturated heterocycles. The first-order valence-electron chi connectivity index (χ1n) is 6.98. The highest BCUT2D eigenvalue weighted by Gasteiger charge is 2.33. The molecule has 0 aromatic heterocycles. The van der Waals surface area contributed by atoms with Gasteiger partial charge in [-0.05, 0) is 38.4 Å². The maximum Gasteiger partial charge on any atom is 0.323 e. The Morgan fingerprint density at radius 3 is 2.45 bits per heavy atom. The number of carboxylic acid groups (broad SMARTS) is 1. The summed E-state index contributed by atoms with van der Waals surface area (Å²) in [4.78, 5) is 11.3. The van der Waals surface area contributed by atoms with Crippen LogP contribution in [-0.4, -0.2) is 29.8 Å². The van der Waals surface area contributed by atoms with E-state index in [2.05, 4.69) is 19.2 Å². The highest BCUT2D eigenvalue weighted by Crippen LogP contribution is 2.28. The van der Waals surface area contributed by atoms with Crippen molar-refractivity contribution >= 4 is 5.97 Å². The Morgan fingerprint density at radius 1 is 1.35 bits per heavy atom. The Balaban J connectivity index is 2.81. The van der Waals surface area contributed by atoms with Gasteiger partial charge in [0.05, 0.1) is 6.10 Å². The molecule has 0 aliphatic carbocycles. The van der Waals surface area contributed by atoms with Gasteiger partial charge in [0.25, 0.3) is 0 Å². The first-order valence-corrected chi connectivity index (χ1v) is 6.98. The summed E-state index contributed by atoms with van der Waals surface area (Å²) >= 11 is 0. The van der Waals surface area contributed by atoms with Crippen molar-refractivity contribution in [3.63, 3.8) is 0 Å². The second kappa shape index (κ2) is 6.75. The summed E-state index contributed by atoms with van der Waals surface area (Å²) < 4.78 is 5.95. The van der Waals surface area contributed by atoms with Gasteiger partial charge in [-0.2, -0.15) is 0 Å². The lowest BCUT2D eigenvalue weighted by Crippen LogP contribution is -2.50. The molecule has 0 aliphatic heterocycles. The van der Waals surface area contributed by atoms with Crippen molar-refractivity contribution in [2.45, 2.75) is 51.7 Å². The number of likely N-dealkylation sites (N-methyl/N-ethyl adjacent to an activating group) is 1. The van der Waals surface area contributed by atoms with E-state index in [0.29, 0.717) is 12.3 Å². The Bertz CT molecular complexity index is 459. The molecular formula is C16H25NO3. The minimum Gasteiger partial charge on any atom is -0.490 e. The lowest BCUT2D eigenvalue weighted by molar-refractivity contribution is -0.145. The summed E-state index contributed by atoms with van der Waals surface area (Å²) in [6.45, 7) is 7.79. The van der Waals surface area contributed by atoms with Gasteiger partial charge in [-0.25, -0.2) is 0 Å². The summed E-state index contributed by atoms with van der Waals surface area (Å²) in [5.41, 5.74) is 0.160. The average Bonchev–Trinajstić information content (AvgIpc) is 2.38. The highest BCUT2D eigenvalue weighted by molar-refractivity contribution is 5.78. The smallest absolute Gasteiger partial charge is 0.323 e. The molecular weight excluding hydrogens is 254 g/mol. The first-order chi connectivity index (χ1) is 9.30. The summed E-state index contributed by atoms with van der Waals surface area (Å²) in [5.74, 6) is 0.333. The predicted molar refractivity (Wildman–Crippen MR) is 80.3 cm³/mol. The van der Waals surface area contributed by atoms with Gasteiger partial charge in [0.15, 0.2) is 0 Å². The van der Waals surface area contributed by atoms with Crippen LogP contribution in [0.4, 0.5) is 0 Å². The molecule has 1 rings (SSSR count). The van der Waals surface area contributed by atoms with Crippen molar-refractivity contribution in [3.05, 3.63) is 29.8 Å². The van der Waals surface area contributed by atoms with Gasteiger partial charge in [-0.3, -0.25) is 4.79 Å². The van der Waals surface area contributed by atoms with E-state index in [9.17, 15) is 9.90 Å². The Kier molecular flexibility index (Phi) is 5.57. The number of aliphatic carboxylic acids is 1. The zero-order valence-corrected chi connectivity index (χ0v) is 12.9. The van der Waals surface area contributed by atoms with Gasteiger partial charge in [0.1, 0.15) is 11.3 Å². The van der Waals surface area contributed by atoms with Crippen LogP contribution in [0.25, 0.3) is 0 Å². The lowest BCUT2D eigenvalue weighted by atomic mass is 9.95. The molecule has 112 valence electrons. The van der Waals surface area contributed by atoms with Crippen molar-refractivity contribution in [3.8, 4) is 5.75 Å². The van der Waals surface area contributed by atoms with E-state index >= 15 is 0 Å². The molecule has 0 bridgehead atoms. The third-order valence-corrected chi connectivity index (χ3v) is 3.59. The molecule has 2 atom stereocenters. The standard InChI is InChI=1S/C16H25NO3/c1-11(2)13-8-6-7-9-14(13)20-12(3)10-16(4,17-5)15(18)19/h6-9,11-12,17H,10H2,1-5H3,(H,18,19). The van der Waals surface area contributed by atoms with Gasteiger partial charge in [0, 0.05) is 6.42 Å². The molecule has 0 radical (unpaired) electrons. The maximum absolute atomic E-state index is 11.3. The topological polar surface area (TPSA) is 58.6 Å². The SMILES string of the molecule is CNC(C)(CC(C)Oc1ccccc1C(C)C)C(=O)O. The average molecular weight is 279 g/mol.